The second kappa shape index (κ2) is 11.3. The Morgan fingerprint density at radius 2 is 1.72 bits per heavy atom. The Bertz CT molecular complexity index is 1100. The fourth-order valence-corrected chi connectivity index (χ4v) is 3.13. The maximum absolute atomic E-state index is 12.0. The summed E-state index contributed by atoms with van der Waals surface area (Å²) in [6.07, 6.45) is 1.39. The van der Waals surface area contributed by atoms with E-state index in [1.807, 2.05) is 42.5 Å². The highest BCUT2D eigenvalue weighted by Gasteiger charge is 2.16. The summed E-state index contributed by atoms with van der Waals surface area (Å²) >= 11 is 12.1. The van der Waals surface area contributed by atoms with Crippen LogP contribution in [0.4, 0.5) is 0 Å². The smallest absolute Gasteiger partial charge is 0.329 e. The number of hydrogen-bond donors (Lipinski definition) is 2. The zero-order chi connectivity index (χ0) is 22.9. The van der Waals surface area contributed by atoms with Gasteiger partial charge in [0.15, 0.2) is 0 Å². The Balaban J connectivity index is 1.50. The third-order valence-corrected chi connectivity index (χ3v) is 5.04. The van der Waals surface area contributed by atoms with Crippen molar-refractivity contribution in [1.82, 2.24) is 10.7 Å². The van der Waals surface area contributed by atoms with Crippen molar-refractivity contribution >= 4 is 41.2 Å². The molecule has 1 atom stereocenters. The molecule has 0 aliphatic carbocycles. The van der Waals surface area contributed by atoms with Crippen LogP contribution in [0.15, 0.2) is 77.9 Å². The van der Waals surface area contributed by atoms with Gasteiger partial charge in [-0.25, -0.2) is 5.43 Å². The van der Waals surface area contributed by atoms with Gasteiger partial charge in [0.1, 0.15) is 12.4 Å². The molecule has 164 valence electrons. The number of halogens is 2. The zero-order valence-electron chi connectivity index (χ0n) is 17.2. The van der Waals surface area contributed by atoms with Crippen LogP contribution in [0.25, 0.3) is 0 Å². The number of nitrogens with zero attached hydrogens (tertiary/aromatic N) is 1. The Kier molecular flexibility index (Phi) is 8.25. The molecule has 2 amide bonds. The molecule has 3 rings (SSSR count). The van der Waals surface area contributed by atoms with Gasteiger partial charge in [-0.2, -0.15) is 5.10 Å². The lowest BCUT2D eigenvalue weighted by Gasteiger charge is -2.13. The van der Waals surface area contributed by atoms with Crippen LogP contribution in [0.5, 0.6) is 5.75 Å². The van der Waals surface area contributed by atoms with E-state index in [0.29, 0.717) is 28.0 Å². The Labute approximate surface area is 196 Å². The molecule has 0 fully saturated rings. The molecule has 0 radical (unpaired) electrons. The highest BCUT2D eigenvalue weighted by Crippen LogP contribution is 2.26. The molecule has 0 heterocycles. The second-order valence-electron chi connectivity index (χ2n) is 6.91. The van der Waals surface area contributed by atoms with Crippen molar-refractivity contribution in [2.45, 2.75) is 19.6 Å². The molecule has 6 nitrogen and oxygen atoms in total. The van der Waals surface area contributed by atoms with Gasteiger partial charge in [0.05, 0.1) is 17.3 Å². The van der Waals surface area contributed by atoms with Gasteiger partial charge in [-0.05, 0) is 53.9 Å². The third-order valence-electron chi connectivity index (χ3n) is 4.50. The van der Waals surface area contributed by atoms with E-state index >= 15 is 0 Å². The maximum Gasteiger partial charge on any atom is 0.329 e. The monoisotopic (exact) mass is 469 g/mol. The number of ether oxygens (including phenoxy) is 1. The van der Waals surface area contributed by atoms with Crippen LogP contribution >= 0.6 is 23.2 Å². The molecular weight excluding hydrogens is 449 g/mol. The summed E-state index contributed by atoms with van der Waals surface area (Å²) in [6, 6.07) is 21.4. The highest BCUT2D eigenvalue weighted by atomic mass is 35.5. The van der Waals surface area contributed by atoms with Crippen LogP contribution in [0, 0.1) is 0 Å². The normalized spacial score (nSPS) is 11.7. The van der Waals surface area contributed by atoms with Crippen molar-refractivity contribution < 1.29 is 14.3 Å². The average Bonchev–Trinajstić information content (AvgIpc) is 2.80. The fraction of sp³-hybridized carbons (Fsp3) is 0.125. The van der Waals surface area contributed by atoms with Gasteiger partial charge in [-0.3, -0.25) is 9.59 Å². The first-order valence-electron chi connectivity index (χ1n) is 9.78. The molecule has 0 bridgehead atoms. The lowest BCUT2D eigenvalue weighted by Crippen LogP contribution is -2.39. The first kappa shape index (κ1) is 23.3. The molecule has 3 aromatic carbocycles. The maximum atomic E-state index is 12.0. The van der Waals surface area contributed by atoms with Gasteiger partial charge in [0.25, 0.3) is 0 Å². The predicted octanol–water partition coefficient (Wildman–Crippen LogP) is 4.90. The van der Waals surface area contributed by atoms with E-state index < -0.39 is 11.8 Å². The molecule has 0 unspecified atom stereocenters. The number of rotatable bonds is 7. The summed E-state index contributed by atoms with van der Waals surface area (Å²) in [5.41, 5.74) is 4.69. The highest BCUT2D eigenvalue weighted by molar-refractivity contribution is 6.35. The van der Waals surface area contributed by atoms with Gasteiger partial charge in [-0.15, -0.1) is 0 Å². The standard InChI is InChI=1S/C24H21Cl2N3O3/c1-16(19-5-3-2-4-6-19)28-23(30)24(31)29-27-14-18-9-12-22(21(26)13-18)32-15-17-7-10-20(25)11-8-17/h2-14,16H,15H2,1H3,(H,28,30)(H,29,31)/b27-14-/t16-/m0/s1. The number of benzene rings is 3. The molecule has 32 heavy (non-hydrogen) atoms. The zero-order valence-corrected chi connectivity index (χ0v) is 18.7. The molecule has 0 saturated carbocycles. The molecule has 2 N–H and O–H groups in total. The van der Waals surface area contributed by atoms with Crippen molar-refractivity contribution in [3.8, 4) is 5.75 Å². The van der Waals surface area contributed by atoms with E-state index in [1.54, 1.807) is 37.3 Å². The number of amides is 2. The Morgan fingerprint density at radius 3 is 2.41 bits per heavy atom. The van der Waals surface area contributed by atoms with Crippen LogP contribution in [0.3, 0.4) is 0 Å². The Morgan fingerprint density at radius 1 is 1.00 bits per heavy atom. The van der Waals surface area contributed by atoms with Crippen LogP contribution in [-0.2, 0) is 16.2 Å². The largest absolute Gasteiger partial charge is 0.487 e. The SMILES string of the molecule is C[C@H](NC(=O)C(=O)N/N=C\c1ccc(OCc2ccc(Cl)cc2)c(Cl)c1)c1ccccc1. The van der Waals surface area contributed by atoms with E-state index in [0.717, 1.165) is 11.1 Å². The topological polar surface area (TPSA) is 79.8 Å². The molecule has 0 spiro atoms. The number of carbonyl (C=O) groups is 2. The number of carbonyl (C=O) groups excluding carboxylic acids is 2. The molecule has 0 aliphatic heterocycles. The van der Waals surface area contributed by atoms with Crippen molar-refractivity contribution in [2.24, 2.45) is 5.10 Å². The van der Waals surface area contributed by atoms with Crippen LogP contribution in [0.2, 0.25) is 10.0 Å². The number of hydrogen-bond acceptors (Lipinski definition) is 4. The first-order chi connectivity index (χ1) is 15.4. The van der Waals surface area contributed by atoms with Gasteiger partial charge in [-0.1, -0.05) is 65.7 Å². The van der Waals surface area contributed by atoms with E-state index in [2.05, 4.69) is 15.8 Å². The number of hydrazone groups is 1. The average molecular weight is 470 g/mol. The lowest BCUT2D eigenvalue weighted by atomic mass is 10.1. The van der Waals surface area contributed by atoms with E-state index in [-0.39, 0.29) is 6.04 Å². The summed E-state index contributed by atoms with van der Waals surface area (Å²) in [7, 11) is 0. The predicted molar refractivity (Wildman–Crippen MR) is 126 cm³/mol. The van der Waals surface area contributed by atoms with Crippen LogP contribution < -0.4 is 15.5 Å². The summed E-state index contributed by atoms with van der Waals surface area (Å²) < 4.78 is 5.72. The molecule has 0 aliphatic rings. The van der Waals surface area contributed by atoms with E-state index in [9.17, 15) is 9.59 Å². The van der Waals surface area contributed by atoms with Crippen LogP contribution in [-0.4, -0.2) is 18.0 Å². The van der Waals surface area contributed by atoms with Gasteiger partial charge < -0.3 is 10.1 Å². The summed E-state index contributed by atoms with van der Waals surface area (Å²) in [6.45, 7) is 2.14. The second-order valence-corrected chi connectivity index (χ2v) is 7.75. The number of nitrogens with one attached hydrogen (secondary N) is 2. The molecule has 0 aromatic heterocycles. The molecule has 3 aromatic rings. The minimum absolute atomic E-state index is 0.308. The minimum atomic E-state index is -0.863. The van der Waals surface area contributed by atoms with Crippen LogP contribution in [0.1, 0.15) is 29.7 Å². The lowest BCUT2D eigenvalue weighted by molar-refractivity contribution is -0.139. The minimum Gasteiger partial charge on any atom is -0.487 e. The molecule has 0 saturated heterocycles. The first-order valence-corrected chi connectivity index (χ1v) is 10.5. The van der Waals surface area contributed by atoms with Crippen molar-refractivity contribution in [3.63, 3.8) is 0 Å². The molecular formula is C24H21Cl2N3O3. The Hall–Kier alpha value is -3.35. The van der Waals surface area contributed by atoms with Crippen molar-refractivity contribution in [3.05, 3.63) is 99.5 Å². The quantitative estimate of drug-likeness (QED) is 0.293. The van der Waals surface area contributed by atoms with E-state index in [4.69, 9.17) is 27.9 Å². The summed E-state index contributed by atoms with van der Waals surface area (Å²) in [5, 5.41) is 7.49. The van der Waals surface area contributed by atoms with Gasteiger partial charge >= 0.3 is 11.8 Å². The van der Waals surface area contributed by atoms with E-state index in [1.165, 1.54) is 6.21 Å². The van der Waals surface area contributed by atoms with Crippen molar-refractivity contribution in [1.29, 1.82) is 0 Å². The van der Waals surface area contributed by atoms with Gasteiger partial charge in [0, 0.05) is 5.02 Å². The summed E-state index contributed by atoms with van der Waals surface area (Å²) in [5.74, 6) is -1.13. The van der Waals surface area contributed by atoms with Gasteiger partial charge in [0.2, 0.25) is 0 Å². The molecule has 8 heteroatoms. The van der Waals surface area contributed by atoms with Crippen molar-refractivity contribution in [2.75, 3.05) is 0 Å². The fourth-order valence-electron chi connectivity index (χ4n) is 2.76. The summed E-state index contributed by atoms with van der Waals surface area (Å²) in [4.78, 5) is 24.0. The third kappa shape index (κ3) is 6.83.